The summed E-state index contributed by atoms with van der Waals surface area (Å²) < 4.78 is 0. The van der Waals surface area contributed by atoms with Crippen LogP contribution in [-0.4, -0.2) is 75.2 Å². The summed E-state index contributed by atoms with van der Waals surface area (Å²) in [6.07, 6.45) is 4.16. The third-order valence-corrected chi connectivity index (χ3v) is 3.87. The molecular weight excluding hydrogens is 212 g/mol. The Labute approximate surface area is 106 Å². The van der Waals surface area contributed by atoms with E-state index in [2.05, 4.69) is 20.4 Å². The first-order valence-corrected chi connectivity index (χ1v) is 7.31. The van der Waals surface area contributed by atoms with E-state index in [1.54, 1.807) is 0 Å². The van der Waals surface area contributed by atoms with Gasteiger partial charge in [0.1, 0.15) is 0 Å². The van der Waals surface area contributed by atoms with Crippen molar-refractivity contribution in [2.24, 2.45) is 0 Å². The summed E-state index contributed by atoms with van der Waals surface area (Å²) in [4.78, 5) is 5.20. The summed E-state index contributed by atoms with van der Waals surface area (Å²) in [5.41, 5.74) is 0. The summed E-state index contributed by atoms with van der Waals surface area (Å²) in [6, 6.07) is 0. The summed E-state index contributed by atoms with van der Waals surface area (Å²) in [7, 11) is 0. The van der Waals surface area contributed by atoms with Crippen molar-refractivity contribution < 1.29 is 0 Å². The molecule has 2 saturated heterocycles. The van der Waals surface area contributed by atoms with Gasteiger partial charge in [-0.1, -0.05) is 6.42 Å². The Morgan fingerprint density at radius 1 is 0.588 bits per heavy atom. The molecule has 4 nitrogen and oxygen atoms in total. The molecule has 0 unspecified atom stereocenters. The van der Waals surface area contributed by atoms with Gasteiger partial charge in [-0.15, -0.1) is 0 Å². The van der Waals surface area contributed by atoms with E-state index in [0.717, 1.165) is 0 Å². The van der Waals surface area contributed by atoms with Gasteiger partial charge in [0.05, 0.1) is 0 Å². The molecule has 0 atom stereocenters. The zero-order valence-electron chi connectivity index (χ0n) is 11.1. The lowest BCUT2D eigenvalue weighted by Gasteiger charge is -2.28. The van der Waals surface area contributed by atoms with Gasteiger partial charge in [0, 0.05) is 52.4 Å². The van der Waals surface area contributed by atoms with E-state index in [0.29, 0.717) is 0 Å². The lowest BCUT2D eigenvalue weighted by molar-refractivity contribution is 0.221. The van der Waals surface area contributed by atoms with Crippen molar-refractivity contribution in [3.63, 3.8) is 0 Å². The van der Waals surface area contributed by atoms with Gasteiger partial charge in [-0.2, -0.15) is 0 Å². The van der Waals surface area contributed by atoms with Crippen molar-refractivity contribution in [2.75, 3.05) is 65.4 Å². The van der Waals surface area contributed by atoms with Gasteiger partial charge in [-0.05, 0) is 25.9 Å². The van der Waals surface area contributed by atoms with Crippen LogP contribution in [0.3, 0.4) is 0 Å². The molecule has 2 aliphatic heterocycles. The Kier molecular flexibility index (Phi) is 6.27. The molecule has 0 amide bonds. The molecule has 0 aromatic rings. The molecular formula is C13H28N4. The monoisotopic (exact) mass is 240 g/mol. The van der Waals surface area contributed by atoms with E-state index >= 15 is 0 Å². The van der Waals surface area contributed by atoms with E-state index in [1.807, 2.05) is 0 Å². The normalized spacial score (nSPS) is 24.0. The fraction of sp³-hybridized carbons (Fsp3) is 1.00. The van der Waals surface area contributed by atoms with Crippen LogP contribution in [0.5, 0.6) is 0 Å². The van der Waals surface area contributed by atoms with Crippen LogP contribution in [0.4, 0.5) is 0 Å². The van der Waals surface area contributed by atoms with E-state index in [4.69, 9.17) is 0 Å². The number of nitrogens with zero attached hydrogens (tertiary/aromatic N) is 2. The van der Waals surface area contributed by atoms with Crippen molar-refractivity contribution in [3.05, 3.63) is 0 Å². The Morgan fingerprint density at radius 3 is 1.41 bits per heavy atom. The van der Waals surface area contributed by atoms with Gasteiger partial charge in [0.25, 0.3) is 0 Å². The third-order valence-electron chi connectivity index (χ3n) is 3.87. The van der Waals surface area contributed by atoms with Crippen LogP contribution in [0.1, 0.15) is 19.3 Å². The average Bonchev–Trinajstić information content (AvgIpc) is 2.41. The van der Waals surface area contributed by atoms with Crippen LogP contribution in [0, 0.1) is 0 Å². The Bertz CT molecular complexity index is 166. The van der Waals surface area contributed by atoms with Crippen molar-refractivity contribution >= 4 is 0 Å². The van der Waals surface area contributed by atoms with Crippen LogP contribution in [0.25, 0.3) is 0 Å². The van der Waals surface area contributed by atoms with Gasteiger partial charge in [-0.3, -0.25) is 0 Å². The van der Waals surface area contributed by atoms with E-state index in [-0.39, 0.29) is 0 Å². The quantitative estimate of drug-likeness (QED) is 0.638. The highest BCUT2D eigenvalue weighted by molar-refractivity contribution is 4.69. The zero-order chi connectivity index (χ0) is 11.8. The molecule has 0 radical (unpaired) electrons. The number of unbranched alkanes of at least 4 members (excludes halogenated alkanes) is 2. The van der Waals surface area contributed by atoms with Crippen molar-refractivity contribution in [3.8, 4) is 0 Å². The van der Waals surface area contributed by atoms with Gasteiger partial charge in [0.15, 0.2) is 0 Å². The molecule has 2 rings (SSSR count). The lowest BCUT2D eigenvalue weighted by atomic mass is 10.2. The molecule has 4 heteroatoms. The smallest absolute Gasteiger partial charge is 0.0107 e. The highest BCUT2D eigenvalue weighted by Gasteiger charge is 2.10. The first kappa shape index (κ1) is 13.3. The number of hydrogen-bond acceptors (Lipinski definition) is 4. The van der Waals surface area contributed by atoms with E-state index < -0.39 is 0 Å². The predicted molar refractivity (Wildman–Crippen MR) is 72.5 cm³/mol. The first-order chi connectivity index (χ1) is 8.45. The van der Waals surface area contributed by atoms with E-state index in [1.165, 1.54) is 84.7 Å². The molecule has 0 aromatic heterocycles. The SMILES string of the molecule is C(CCN1CCNCC1)CCN1CCNCC1. The second-order valence-electron chi connectivity index (χ2n) is 5.24. The topological polar surface area (TPSA) is 30.5 Å². The second kappa shape index (κ2) is 8.03. The fourth-order valence-electron chi connectivity index (χ4n) is 2.72. The lowest BCUT2D eigenvalue weighted by Crippen LogP contribution is -2.44. The minimum absolute atomic E-state index is 1.18. The number of piperazine rings is 2. The minimum atomic E-state index is 1.18. The molecule has 0 saturated carbocycles. The standard InChI is InChI=1S/C13H28N4/c1(2-8-16-10-4-14-5-11-16)3-9-17-12-6-15-7-13-17/h14-15H,1-13H2. The van der Waals surface area contributed by atoms with Gasteiger partial charge in [-0.25, -0.2) is 0 Å². The summed E-state index contributed by atoms with van der Waals surface area (Å²) in [5.74, 6) is 0. The largest absolute Gasteiger partial charge is 0.314 e. The number of rotatable bonds is 6. The average molecular weight is 240 g/mol. The predicted octanol–water partition coefficient (Wildman–Crippen LogP) is -0.0329. The first-order valence-electron chi connectivity index (χ1n) is 7.31. The zero-order valence-corrected chi connectivity index (χ0v) is 11.1. The molecule has 0 aliphatic carbocycles. The van der Waals surface area contributed by atoms with Crippen LogP contribution in [0.15, 0.2) is 0 Å². The summed E-state index contributed by atoms with van der Waals surface area (Å²) in [6.45, 7) is 12.3. The Balaban J connectivity index is 1.42. The molecule has 2 N–H and O–H groups in total. The number of hydrogen-bond donors (Lipinski definition) is 2. The minimum Gasteiger partial charge on any atom is -0.314 e. The van der Waals surface area contributed by atoms with Gasteiger partial charge < -0.3 is 20.4 Å². The van der Waals surface area contributed by atoms with Crippen molar-refractivity contribution in [1.82, 2.24) is 20.4 Å². The highest BCUT2D eigenvalue weighted by atomic mass is 15.2. The second-order valence-corrected chi connectivity index (χ2v) is 5.24. The van der Waals surface area contributed by atoms with Crippen LogP contribution in [0.2, 0.25) is 0 Å². The summed E-state index contributed by atoms with van der Waals surface area (Å²) >= 11 is 0. The summed E-state index contributed by atoms with van der Waals surface area (Å²) in [5, 5.41) is 6.81. The molecule has 2 heterocycles. The van der Waals surface area contributed by atoms with Crippen molar-refractivity contribution in [2.45, 2.75) is 19.3 Å². The van der Waals surface area contributed by atoms with Gasteiger partial charge in [0.2, 0.25) is 0 Å². The Morgan fingerprint density at radius 2 is 1.00 bits per heavy atom. The maximum Gasteiger partial charge on any atom is 0.0107 e. The maximum absolute atomic E-state index is 3.41. The molecule has 0 bridgehead atoms. The highest BCUT2D eigenvalue weighted by Crippen LogP contribution is 2.02. The van der Waals surface area contributed by atoms with Crippen LogP contribution >= 0.6 is 0 Å². The van der Waals surface area contributed by atoms with Crippen LogP contribution in [-0.2, 0) is 0 Å². The van der Waals surface area contributed by atoms with Crippen LogP contribution < -0.4 is 10.6 Å². The molecule has 2 aliphatic rings. The molecule has 17 heavy (non-hydrogen) atoms. The molecule has 2 fully saturated rings. The molecule has 100 valence electrons. The number of nitrogens with one attached hydrogen (secondary N) is 2. The maximum atomic E-state index is 3.41. The molecule has 0 spiro atoms. The van der Waals surface area contributed by atoms with Gasteiger partial charge >= 0.3 is 0 Å². The fourth-order valence-corrected chi connectivity index (χ4v) is 2.72. The Hall–Kier alpha value is -0.160. The third kappa shape index (κ3) is 5.34. The van der Waals surface area contributed by atoms with Crippen molar-refractivity contribution in [1.29, 1.82) is 0 Å². The van der Waals surface area contributed by atoms with E-state index in [9.17, 15) is 0 Å². The molecule has 0 aromatic carbocycles.